The van der Waals surface area contributed by atoms with Gasteiger partial charge in [-0.3, -0.25) is 0 Å². The monoisotopic (exact) mass is 268 g/mol. The largest absolute Gasteiger partial charge is 0.383 e. The number of hydrogen-bond acceptors (Lipinski definition) is 4. The second kappa shape index (κ2) is 5.85. The maximum Gasteiger partial charge on any atom is 0.167 e. The van der Waals surface area contributed by atoms with Crippen LogP contribution in [0.15, 0.2) is 18.2 Å². The molecule has 0 spiro atoms. The fourth-order valence-corrected chi connectivity index (χ4v) is 1.77. The van der Waals surface area contributed by atoms with Gasteiger partial charge in [-0.1, -0.05) is 0 Å². The van der Waals surface area contributed by atoms with Crippen molar-refractivity contribution in [1.82, 2.24) is 14.8 Å². The highest BCUT2D eigenvalue weighted by atomic mass is 19.1. The molecule has 0 saturated carbocycles. The third-order valence-electron chi connectivity index (χ3n) is 2.70. The number of hydrogen-bond donors (Lipinski definition) is 1. The molecule has 7 heteroatoms. The van der Waals surface area contributed by atoms with Crippen LogP contribution in [0, 0.1) is 11.6 Å². The summed E-state index contributed by atoms with van der Waals surface area (Å²) in [5.41, 5.74) is 5.74. The second-order valence-electron chi connectivity index (χ2n) is 3.91. The summed E-state index contributed by atoms with van der Waals surface area (Å²) in [6, 6.07) is 3.32. The Morgan fingerprint density at radius 1 is 1.32 bits per heavy atom. The van der Waals surface area contributed by atoms with E-state index < -0.39 is 11.6 Å². The number of aromatic nitrogens is 3. The summed E-state index contributed by atoms with van der Waals surface area (Å²) in [4.78, 5) is 0. The van der Waals surface area contributed by atoms with Crippen LogP contribution < -0.4 is 5.73 Å². The highest BCUT2D eigenvalue weighted by Crippen LogP contribution is 2.22. The number of halogens is 2. The zero-order valence-corrected chi connectivity index (χ0v) is 10.4. The number of ether oxygens (including phenoxy) is 1. The minimum atomic E-state index is -0.686. The van der Waals surface area contributed by atoms with Crippen LogP contribution in [-0.4, -0.2) is 28.5 Å². The van der Waals surface area contributed by atoms with Crippen LogP contribution in [0.3, 0.4) is 0 Å². The van der Waals surface area contributed by atoms with Gasteiger partial charge in [0.15, 0.2) is 5.82 Å². The van der Waals surface area contributed by atoms with Crippen molar-refractivity contribution in [3.8, 4) is 11.4 Å². The van der Waals surface area contributed by atoms with Crippen LogP contribution in [0.4, 0.5) is 8.78 Å². The predicted molar refractivity (Wildman–Crippen MR) is 65.1 cm³/mol. The number of benzene rings is 1. The molecule has 0 radical (unpaired) electrons. The van der Waals surface area contributed by atoms with Crippen LogP contribution >= 0.6 is 0 Å². The number of nitrogens with two attached hydrogens (primary N) is 1. The Morgan fingerprint density at radius 2 is 2.11 bits per heavy atom. The normalized spacial score (nSPS) is 10.9. The summed E-state index contributed by atoms with van der Waals surface area (Å²) in [5.74, 6) is -0.483. The lowest BCUT2D eigenvalue weighted by atomic mass is 10.2. The van der Waals surface area contributed by atoms with Crippen molar-refractivity contribution in [3.63, 3.8) is 0 Å². The van der Waals surface area contributed by atoms with E-state index in [1.165, 1.54) is 12.1 Å². The molecule has 0 unspecified atom stereocenters. The fraction of sp³-hybridized carbons (Fsp3) is 0.333. The van der Waals surface area contributed by atoms with Crippen molar-refractivity contribution in [1.29, 1.82) is 0 Å². The van der Waals surface area contributed by atoms with Gasteiger partial charge in [-0.2, -0.15) is 0 Å². The molecular formula is C12H14F2N4O. The third-order valence-corrected chi connectivity index (χ3v) is 2.70. The molecule has 102 valence electrons. The Kier molecular flexibility index (Phi) is 4.18. The van der Waals surface area contributed by atoms with Gasteiger partial charge in [0.2, 0.25) is 0 Å². The molecule has 0 atom stereocenters. The first-order chi connectivity index (χ1) is 9.17. The lowest BCUT2D eigenvalue weighted by Gasteiger charge is -2.09. The van der Waals surface area contributed by atoms with Crippen LogP contribution in [0.25, 0.3) is 11.4 Å². The molecular weight excluding hydrogens is 254 g/mol. The van der Waals surface area contributed by atoms with Crippen molar-refractivity contribution in [2.24, 2.45) is 5.73 Å². The molecule has 0 fully saturated rings. The predicted octanol–water partition coefficient (Wildman–Crippen LogP) is 1.33. The van der Waals surface area contributed by atoms with E-state index in [1.54, 1.807) is 11.7 Å². The smallest absolute Gasteiger partial charge is 0.167 e. The van der Waals surface area contributed by atoms with Gasteiger partial charge >= 0.3 is 0 Å². The van der Waals surface area contributed by atoms with Gasteiger partial charge < -0.3 is 15.0 Å². The zero-order chi connectivity index (χ0) is 13.8. The minimum absolute atomic E-state index is 0.180. The first-order valence-electron chi connectivity index (χ1n) is 5.74. The maximum atomic E-state index is 13.8. The molecule has 0 aliphatic rings. The molecule has 2 rings (SSSR count). The van der Waals surface area contributed by atoms with E-state index in [0.717, 1.165) is 6.07 Å². The summed E-state index contributed by atoms with van der Waals surface area (Å²) in [6.07, 6.45) is 0. The minimum Gasteiger partial charge on any atom is -0.383 e. The summed E-state index contributed by atoms with van der Waals surface area (Å²) in [6.45, 7) is 1.04. The van der Waals surface area contributed by atoms with Crippen LogP contribution in [0.2, 0.25) is 0 Å². The van der Waals surface area contributed by atoms with Gasteiger partial charge in [0.25, 0.3) is 0 Å². The van der Waals surface area contributed by atoms with Gasteiger partial charge in [-0.25, -0.2) is 8.78 Å². The van der Waals surface area contributed by atoms with Crippen molar-refractivity contribution < 1.29 is 13.5 Å². The van der Waals surface area contributed by atoms with Crippen LogP contribution in [0.1, 0.15) is 5.82 Å². The molecule has 0 aliphatic heterocycles. The fourth-order valence-electron chi connectivity index (χ4n) is 1.77. The van der Waals surface area contributed by atoms with Crippen molar-refractivity contribution in [3.05, 3.63) is 35.7 Å². The summed E-state index contributed by atoms with van der Waals surface area (Å²) in [7, 11) is 1.56. The van der Waals surface area contributed by atoms with Crippen molar-refractivity contribution >= 4 is 0 Å². The number of nitrogens with zero attached hydrogens (tertiary/aromatic N) is 3. The molecule has 0 saturated heterocycles. The SMILES string of the molecule is COCCn1c(CN)nnc1-c1ccc(F)cc1F. The van der Waals surface area contributed by atoms with E-state index in [2.05, 4.69) is 10.2 Å². The Morgan fingerprint density at radius 3 is 2.74 bits per heavy atom. The van der Waals surface area contributed by atoms with Gasteiger partial charge in [-0.15, -0.1) is 10.2 Å². The lowest BCUT2D eigenvalue weighted by molar-refractivity contribution is 0.186. The third kappa shape index (κ3) is 2.77. The van der Waals surface area contributed by atoms with E-state index in [-0.39, 0.29) is 12.1 Å². The molecule has 2 N–H and O–H groups in total. The Bertz CT molecular complexity index is 571. The average molecular weight is 268 g/mol. The topological polar surface area (TPSA) is 66.0 Å². The van der Waals surface area contributed by atoms with Crippen molar-refractivity contribution in [2.75, 3.05) is 13.7 Å². The molecule has 0 aliphatic carbocycles. The van der Waals surface area contributed by atoms with Gasteiger partial charge in [0, 0.05) is 19.7 Å². The number of methoxy groups -OCH3 is 1. The Hall–Kier alpha value is -1.86. The van der Waals surface area contributed by atoms with Gasteiger partial charge in [0.05, 0.1) is 18.7 Å². The Labute approximate surface area is 109 Å². The van der Waals surface area contributed by atoms with Gasteiger partial charge in [-0.05, 0) is 12.1 Å². The van der Waals surface area contributed by atoms with E-state index in [0.29, 0.717) is 24.8 Å². The van der Waals surface area contributed by atoms with Crippen molar-refractivity contribution in [2.45, 2.75) is 13.1 Å². The lowest BCUT2D eigenvalue weighted by Crippen LogP contribution is -2.13. The standard InChI is InChI=1S/C12H14F2N4O/c1-19-5-4-18-11(7-15)16-17-12(18)9-3-2-8(13)6-10(9)14/h2-3,6H,4-5,7,15H2,1H3. The highest BCUT2D eigenvalue weighted by molar-refractivity contribution is 5.56. The molecule has 1 aromatic carbocycles. The van der Waals surface area contributed by atoms with E-state index in [9.17, 15) is 8.78 Å². The average Bonchev–Trinajstić information content (AvgIpc) is 2.79. The quantitative estimate of drug-likeness (QED) is 0.888. The molecule has 0 amide bonds. The molecule has 5 nitrogen and oxygen atoms in total. The second-order valence-corrected chi connectivity index (χ2v) is 3.91. The van der Waals surface area contributed by atoms with E-state index in [4.69, 9.17) is 10.5 Å². The summed E-state index contributed by atoms with van der Waals surface area (Å²) in [5, 5.41) is 7.82. The summed E-state index contributed by atoms with van der Waals surface area (Å²) >= 11 is 0. The molecule has 0 bridgehead atoms. The molecule has 1 heterocycles. The van der Waals surface area contributed by atoms with E-state index >= 15 is 0 Å². The Balaban J connectivity index is 2.46. The first-order valence-corrected chi connectivity index (χ1v) is 5.74. The molecule has 2 aromatic rings. The first kappa shape index (κ1) is 13.6. The van der Waals surface area contributed by atoms with Crippen LogP contribution in [-0.2, 0) is 17.8 Å². The highest BCUT2D eigenvalue weighted by Gasteiger charge is 2.16. The molecule has 19 heavy (non-hydrogen) atoms. The zero-order valence-electron chi connectivity index (χ0n) is 10.4. The maximum absolute atomic E-state index is 13.8. The molecule has 1 aromatic heterocycles. The van der Waals surface area contributed by atoms with E-state index in [1.807, 2.05) is 0 Å². The number of rotatable bonds is 5. The van der Waals surface area contributed by atoms with Crippen LogP contribution in [0.5, 0.6) is 0 Å². The van der Waals surface area contributed by atoms with Gasteiger partial charge in [0.1, 0.15) is 17.5 Å². The summed E-state index contributed by atoms with van der Waals surface area (Å²) < 4.78 is 33.3.